The molecule has 0 amide bonds. The van der Waals surface area contributed by atoms with E-state index in [9.17, 15) is 5.11 Å². The van der Waals surface area contributed by atoms with Crippen molar-refractivity contribution in [3.05, 3.63) is 48.0 Å². The van der Waals surface area contributed by atoms with Crippen LogP contribution in [0.15, 0.2) is 42.5 Å². The van der Waals surface area contributed by atoms with Gasteiger partial charge in [-0.15, -0.1) is 0 Å². The minimum Gasteiger partial charge on any atom is -0.393 e. The third-order valence-corrected chi connectivity index (χ3v) is 2.70. The maximum atomic E-state index is 9.47. The minimum absolute atomic E-state index is 0.183. The summed E-state index contributed by atoms with van der Waals surface area (Å²) in [6.45, 7) is 4.00. The summed E-state index contributed by atoms with van der Waals surface area (Å²) in [7, 11) is 0. The van der Waals surface area contributed by atoms with Crippen LogP contribution in [0.25, 0.3) is 0 Å². The van der Waals surface area contributed by atoms with Gasteiger partial charge in [0.2, 0.25) is 0 Å². The molecule has 1 heteroatoms. The summed E-state index contributed by atoms with van der Waals surface area (Å²) in [6, 6.07) is 10.3. The van der Waals surface area contributed by atoms with Crippen molar-refractivity contribution in [3.8, 4) is 0 Å². The monoisotopic (exact) mass is 174 g/mol. The Morgan fingerprint density at radius 3 is 2.46 bits per heavy atom. The third kappa shape index (κ3) is 1.65. The van der Waals surface area contributed by atoms with Crippen LogP contribution in [0.1, 0.15) is 24.3 Å². The highest BCUT2D eigenvalue weighted by molar-refractivity contribution is 5.30. The minimum atomic E-state index is -0.183. The molecule has 0 aromatic heterocycles. The molecule has 1 aromatic rings. The largest absolute Gasteiger partial charge is 0.393 e. The molecular formula is C12H14O. The molecule has 0 radical (unpaired) electrons. The van der Waals surface area contributed by atoms with Gasteiger partial charge in [-0.05, 0) is 18.4 Å². The molecule has 68 valence electrons. The molecule has 13 heavy (non-hydrogen) atoms. The Kier molecular flexibility index (Phi) is 2.19. The quantitative estimate of drug-likeness (QED) is 0.648. The van der Waals surface area contributed by atoms with Gasteiger partial charge in [-0.2, -0.15) is 0 Å². The number of aliphatic hydroxyl groups excluding tert-OH is 1. The lowest BCUT2D eigenvalue weighted by Crippen LogP contribution is -1.99. The highest BCUT2D eigenvalue weighted by Gasteiger charge is 2.27. The van der Waals surface area contributed by atoms with Crippen molar-refractivity contribution >= 4 is 0 Å². The molecular weight excluding hydrogens is 160 g/mol. The fourth-order valence-corrected chi connectivity index (χ4v) is 2.02. The van der Waals surface area contributed by atoms with E-state index in [0.717, 1.165) is 12.8 Å². The predicted molar refractivity (Wildman–Crippen MR) is 53.6 cm³/mol. The van der Waals surface area contributed by atoms with E-state index in [0.29, 0.717) is 5.92 Å². The fourth-order valence-electron chi connectivity index (χ4n) is 2.02. The zero-order valence-corrected chi connectivity index (χ0v) is 7.61. The van der Waals surface area contributed by atoms with E-state index < -0.39 is 0 Å². The molecule has 2 atom stereocenters. The van der Waals surface area contributed by atoms with Gasteiger partial charge in [-0.25, -0.2) is 0 Å². The summed E-state index contributed by atoms with van der Waals surface area (Å²) in [5.41, 5.74) is 2.45. The Morgan fingerprint density at radius 2 is 1.92 bits per heavy atom. The number of aliphatic hydroxyl groups is 1. The second kappa shape index (κ2) is 3.35. The van der Waals surface area contributed by atoms with Gasteiger partial charge in [-0.1, -0.05) is 42.5 Å². The van der Waals surface area contributed by atoms with Gasteiger partial charge < -0.3 is 5.11 Å². The van der Waals surface area contributed by atoms with E-state index in [-0.39, 0.29) is 6.10 Å². The van der Waals surface area contributed by atoms with Gasteiger partial charge in [0.25, 0.3) is 0 Å². The Labute approximate surface area is 78.7 Å². The Morgan fingerprint density at radius 1 is 1.23 bits per heavy atom. The van der Waals surface area contributed by atoms with Crippen LogP contribution in [0.5, 0.6) is 0 Å². The molecule has 0 spiro atoms. The molecule has 0 bridgehead atoms. The van der Waals surface area contributed by atoms with Crippen molar-refractivity contribution < 1.29 is 5.11 Å². The average molecular weight is 174 g/mol. The maximum absolute atomic E-state index is 9.47. The van der Waals surface area contributed by atoms with Crippen LogP contribution in [0.2, 0.25) is 0 Å². The van der Waals surface area contributed by atoms with Gasteiger partial charge in [0, 0.05) is 5.92 Å². The van der Waals surface area contributed by atoms with Crippen LogP contribution in [-0.4, -0.2) is 11.2 Å². The van der Waals surface area contributed by atoms with Crippen molar-refractivity contribution in [1.82, 2.24) is 0 Å². The van der Waals surface area contributed by atoms with E-state index in [1.54, 1.807) is 0 Å². The Hall–Kier alpha value is -1.08. The standard InChI is InChI=1S/C12H14O/c1-9-7-11(13)8-12(9)10-5-3-2-4-6-10/h2-6,11-13H,1,7-8H2. The lowest BCUT2D eigenvalue weighted by atomic mass is 9.95. The van der Waals surface area contributed by atoms with E-state index in [4.69, 9.17) is 0 Å². The fraction of sp³-hybridized carbons (Fsp3) is 0.333. The first-order valence-corrected chi connectivity index (χ1v) is 4.68. The van der Waals surface area contributed by atoms with Gasteiger partial charge in [0.15, 0.2) is 0 Å². The molecule has 1 aromatic carbocycles. The van der Waals surface area contributed by atoms with Gasteiger partial charge in [0.1, 0.15) is 0 Å². The van der Waals surface area contributed by atoms with Crippen molar-refractivity contribution in [3.63, 3.8) is 0 Å². The van der Waals surface area contributed by atoms with Crippen LogP contribution in [0.4, 0.5) is 0 Å². The second-order valence-corrected chi connectivity index (χ2v) is 3.72. The Balaban J connectivity index is 2.23. The van der Waals surface area contributed by atoms with Crippen molar-refractivity contribution in [2.75, 3.05) is 0 Å². The summed E-state index contributed by atoms with van der Waals surface area (Å²) in [6.07, 6.45) is 1.42. The number of rotatable bonds is 1. The molecule has 0 saturated heterocycles. The molecule has 0 heterocycles. The topological polar surface area (TPSA) is 20.2 Å². The first kappa shape index (κ1) is 8.52. The SMILES string of the molecule is C=C1CC(O)CC1c1ccccc1. The lowest BCUT2D eigenvalue weighted by molar-refractivity contribution is 0.183. The number of hydrogen-bond donors (Lipinski definition) is 1. The first-order valence-electron chi connectivity index (χ1n) is 4.68. The highest BCUT2D eigenvalue weighted by atomic mass is 16.3. The van der Waals surface area contributed by atoms with Crippen molar-refractivity contribution in [2.24, 2.45) is 0 Å². The average Bonchev–Trinajstić information content (AvgIpc) is 2.47. The van der Waals surface area contributed by atoms with Crippen LogP contribution < -0.4 is 0 Å². The molecule has 1 aliphatic rings. The normalized spacial score (nSPS) is 27.9. The number of benzene rings is 1. The maximum Gasteiger partial charge on any atom is 0.0586 e. The van der Waals surface area contributed by atoms with E-state index in [1.165, 1.54) is 11.1 Å². The molecule has 1 saturated carbocycles. The zero-order chi connectivity index (χ0) is 9.26. The van der Waals surface area contributed by atoms with Crippen LogP contribution in [0, 0.1) is 0 Å². The van der Waals surface area contributed by atoms with Crippen LogP contribution >= 0.6 is 0 Å². The molecule has 0 aliphatic heterocycles. The van der Waals surface area contributed by atoms with Gasteiger partial charge in [0.05, 0.1) is 6.10 Å². The van der Waals surface area contributed by atoms with E-state index >= 15 is 0 Å². The predicted octanol–water partition coefficient (Wildman–Crippen LogP) is 2.48. The molecule has 1 aliphatic carbocycles. The first-order chi connectivity index (χ1) is 6.27. The molecule has 1 nitrogen and oxygen atoms in total. The second-order valence-electron chi connectivity index (χ2n) is 3.72. The van der Waals surface area contributed by atoms with Crippen LogP contribution in [0.3, 0.4) is 0 Å². The van der Waals surface area contributed by atoms with Crippen LogP contribution in [-0.2, 0) is 0 Å². The smallest absolute Gasteiger partial charge is 0.0586 e. The van der Waals surface area contributed by atoms with Crippen molar-refractivity contribution in [2.45, 2.75) is 24.9 Å². The summed E-state index contributed by atoms with van der Waals surface area (Å²) in [5, 5.41) is 9.47. The Bertz CT molecular complexity index is 302. The highest BCUT2D eigenvalue weighted by Crippen LogP contribution is 2.37. The summed E-state index contributed by atoms with van der Waals surface area (Å²) >= 11 is 0. The molecule has 2 unspecified atom stereocenters. The third-order valence-electron chi connectivity index (χ3n) is 2.70. The lowest BCUT2D eigenvalue weighted by Gasteiger charge is -2.10. The summed E-state index contributed by atoms with van der Waals surface area (Å²) < 4.78 is 0. The van der Waals surface area contributed by atoms with Crippen molar-refractivity contribution in [1.29, 1.82) is 0 Å². The number of hydrogen-bond acceptors (Lipinski definition) is 1. The molecule has 2 rings (SSSR count). The van der Waals surface area contributed by atoms with E-state index in [1.807, 2.05) is 18.2 Å². The molecule has 1 fully saturated rings. The van der Waals surface area contributed by atoms with Gasteiger partial charge >= 0.3 is 0 Å². The summed E-state index contributed by atoms with van der Waals surface area (Å²) in [5.74, 6) is 0.371. The molecule has 1 N–H and O–H groups in total. The van der Waals surface area contributed by atoms with Gasteiger partial charge in [-0.3, -0.25) is 0 Å². The zero-order valence-electron chi connectivity index (χ0n) is 7.61. The van der Waals surface area contributed by atoms with E-state index in [2.05, 4.69) is 18.7 Å². The summed E-state index contributed by atoms with van der Waals surface area (Å²) in [4.78, 5) is 0.